The highest BCUT2D eigenvalue weighted by atomic mass is 32.1. The Morgan fingerprint density at radius 2 is 1.91 bits per heavy atom. The highest BCUT2D eigenvalue weighted by Gasteiger charge is 1.92. The second-order valence-corrected chi connectivity index (χ2v) is 3.88. The van der Waals surface area contributed by atoms with Crippen LogP contribution in [0.5, 0.6) is 0 Å². The minimum Gasteiger partial charge on any atom is -0.144 e. The maximum Gasteiger partial charge on any atom is 0.0299 e. The molecule has 11 heavy (non-hydrogen) atoms. The van der Waals surface area contributed by atoms with Crippen molar-refractivity contribution in [1.82, 2.24) is 0 Å². The van der Waals surface area contributed by atoms with E-state index in [2.05, 4.69) is 23.6 Å². The van der Waals surface area contributed by atoms with Gasteiger partial charge in [-0.15, -0.1) is 11.3 Å². The number of hydrogen-bond acceptors (Lipinski definition) is 1. The van der Waals surface area contributed by atoms with Gasteiger partial charge in [-0.25, -0.2) is 0 Å². The Labute approximate surface area is 70.9 Å². The highest BCUT2D eigenvalue weighted by molar-refractivity contribution is 7.07. The molecule has 58 valence electrons. The molecule has 0 atom stereocenters. The van der Waals surface area contributed by atoms with Gasteiger partial charge in [0.15, 0.2) is 0 Å². The smallest absolute Gasteiger partial charge is 0.0299 e. The number of rotatable bonds is 0. The standard InChI is InChI=1S/C10H12S/c1-2-4-6-10-9(5-3-1)7-8-11-10/h5-8H,1-4H2/b9-5?,10-6+. The van der Waals surface area contributed by atoms with Crippen LogP contribution in [0.15, 0.2) is 11.4 Å². The lowest BCUT2D eigenvalue weighted by molar-refractivity contribution is 0.788. The molecule has 1 aromatic heterocycles. The van der Waals surface area contributed by atoms with Gasteiger partial charge in [0.2, 0.25) is 0 Å². The average molecular weight is 164 g/mol. The summed E-state index contributed by atoms with van der Waals surface area (Å²) in [6.07, 6.45) is 9.97. The second kappa shape index (κ2) is 3.22. The fourth-order valence-corrected chi connectivity index (χ4v) is 2.31. The molecule has 0 spiro atoms. The molecule has 0 amide bonds. The molecule has 2 rings (SSSR count). The van der Waals surface area contributed by atoms with Gasteiger partial charge < -0.3 is 0 Å². The van der Waals surface area contributed by atoms with Crippen LogP contribution in [0.2, 0.25) is 0 Å². The minimum absolute atomic E-state index is 1.26. The van der Waals surface area contributed by atoms with Crippen LogP contribution in [-0.2, 0) is 0 Å². The molecule has 0 fully saturated rings. The summed E-state index contributed by atoms with van der Waals surface area (Å²) in [4.78, 5) is 0. The van der Waals surface area contributed by atoms with Gasteiger partial charge in [-0.05, 0) is 42.3 Å². The lowest BCUT2D eigenvalue weighted by atomic mass is 10.1. The van der Waals surface area contributed by atoms with Crippen LogP contribution in [0.3, 0.4) is 0 Å². The third-order valence-corrected chi connectivity index (χ3v) is 3.01. The Hall–Kier alpha value is -0.560. The molecule has 0 saturated heterocycles. The molecule has 1 aliphatic rings. The molecule has 0 saturated carbocycles. The van der Waals surface area contributed by atoms with Crippen LogP contribution in [0.1, 0.15) is 25.7 Å². The van der Waals surface area contributed by atoms with Gasteiger partial charge in [-0.2, -0.15) is 0 Å². The van der Waals surface area contributed by atoms with Crippen LogP contribution >= 0.6 is 11.3 Å². The van der Waals surface area contributed by atoms with E-state index in [4.69, 9.17) is 0 Å². The third-order valence-electron chi connectivity index (χ3n) is 2.08. The van der Waals surface area contributed by atoms with E-state index in [0.29, 0.717) is 0 Å². The Balaban J connectivity index is 2.57. The minimum atomic E-state index is 1.26. The van der Waals surface area contributed by atoms with Crippen molar-refractivity contribution in [2.45, 2.75) is 25.7 Å². The van der Waals surface area contributed by atoms with E-state index >= 15 is 0 Å². The zero-order valence-electron chi connectivity index (χ0n) is 6.55. The zero-order chi connectivity index (χ0) is 7.52. The van der Waals surface area contributed by atoms with Gasteiger partial charge >= 0.3 is 0 Å². The largest absolute Gasteiger partial charge is 0.144 e. The summed E-state index contributed by atoms with van der Waals surface area (Å²) in [5.41, 5.74) is 0. The van der Waals surface area contributed by atoms with Crippen molar-refractivity contribution in [3.05, 3.63) is 21.2 Å². The fourth-order valence-electron chi connectivity index (χ4n) is 1.44. The Kier molecular flexibility index (Phi) is 2.08. The first-order valence-corrected chi connectivity index (χ1v) is 5.09. The molecule has 1 aromatic rings. The van der Waals surface area contributed by atoms with Crippen molar-refractivity contribution >= 4 is 23.5 Å². The first-order chi connectivity index (χ1) is 5.47. The van der Waals surface area contributed by atoms with Crippen molar-refractivity contribution in [1.29, 1.82) is 0 Å². The summed E-state index contributed by atoms with van der Waals surface area (Å²) in [5.74, 6) is 0. The molecule has 1 heteroatoms. The summed E-state index contributed by atoms with van der Waals surface area (Å²) in [5, 5.41) is 3.64. The molecule has 0 bridgehead atoms. The van der Waals surface area contributed by atoms with E-state index < -0.39 is 0 Å². The Bertz CT molecular complexity index is 299. The number of hydrogen-bond donors (Lipinski definition) is 0. The monoisotopic (exact) mass is 164 g/mol. The fraction of sp³-hybridized carbons (Fsp3) is 0.400. The highest BCUT2D eigenvalue weighted by Crippen LogP contribution is 2.03. The Morgan fingerprint density at radius 1 is 1.09 bits per heavy atom. The molecule has 1 aliphatic carbocycles. The molecule has 1 heterocycles. The molecular weight excluding hydrogens is 152 g/mol. The number of fused-ring (bicyclic) bond motifs is 1. The lowest BCUT2D eigenvalue weighted by Crippen LogP contribution is -2.17. The number of thiophene rings is 1. The quantitative estimate of drug-likeness (QED) is 0.549. The van der Waals surface area contributed by atoms with E-state index in [1.807, 2.05) is 11.3 Å². The maximum atomic E-state index is 2.37. The van der Waals surface area contributed by atoms with Crippen LogP contribution in [-0.4, -0.2) is 0 Å². The van der Waals surface area contributed by atoms with Gasteiger partial charge in [0.1, 0.15) is 0 Å². The first kappa shape index (κ1) is 7.11. The van der Waals surface area contributed by atoms with Crippen molar-refractivity contribution in [3.63, 3.8) is 0 Å². The topological polar surface area (TPSA) is 0 Å². The molecule has 0 nitrogen and oxygen atoms in total. The van der Waals surface area contributed by atoms with Crippen LogP contribution in [0.25, 0.3) is 12.2 Å². The van der Waals surface area contributed by atoms with E-state index in [0.717, 1.165) is 0 Å². The normalized spacial score (nSPS) is 20.2. The van der Waals surface area contributed by atoms with Gasteiger partial charge in [0.05, 0.1) is 0 Å². The van der Waals surface area contributed by atoms with E-state index in [1.54, 1.807) is 0 Å². The van der Waals surface area contributed by atoms with Crippen molar-refractivity contribution in [3.8, 4) is 0 Å². The molecule has 0 N–H and O–H groups in total. The van der Waals surface area contributed by atoms with Crippen LogP contribution in [0.4, 0.5) is 0 Å². The molecular formula is C10H12S. The zero-order valence-corrected chi connectivity index (χ0v) is 7.36. The second-order valence-electron chi connectivity index (χ2n) is 2.93. The lowest BCUT2D eigenvalue weighted by Gasteiger charge is -1.95. The van der Waals surface area contributed by atoms with Crippen molar-refractivity contribution in [2.75, 3.05) is 0 Å². The van der Waals surface area contributed by atoms with Crippen LogP contribution in [0, 0.1) is 0 Å². The summed E-state index contributed by atoms with van der Waals surface area (Å²) in [6.45, 7) is 0. The van der Waals surface area contributed by atoms with Crippen molar-refractivity contribution < 1.29 is 0 Å². The van der Waals surface area contributed by atoms with E-state index in [1.165, 1.54) is 35.4 Å². The van der Waals surface area contributed by atoms with Gasteiger partial charge in [0.25, 0.3) is 0 Å². The summed E-state index contributed by atoms with van der Waals surface area (Å²) in [7, 11) is 0. The van der Waals surface area contributed by atoms with E-state index in [-0.39, 0.29) is 0 Å². The summed E-state index contributed by atoms with van der Waals surface area (Å²) >= 11 is 1.86. The third kappa shape index (κ3) is 1.54. The Morgan fingerprint density at radius 3 is 2.82 bits per heavy atom. The average Bonchev–Trinajstić information content (AvgIpc) is 2.35. The predicted octanol–water partition coefficient (Wildman–Crippen LogP) is 1.88. The van der Waals surface area contributed by atoms with Gasteiger partial charge in [0, 0.05) is 4.53 Å². The summed E-state index contributed by atoms with van der Waals surface area (Å²) in [6, 6.07) is 2.22. The predicted molar refractivity (Wildman–Crippen MR) is 51.0 cm³/mol. The molecule has 0 unspecified atom stereocenters. The maximum absolute atomic E-state index is 2.37. The molecule has 0 aliphatic heterocycles. The first-order valence-electron chi connectivity index (χ1n) is 4.21. The van der Waals surface area contributed by atoms with Gasteiger partial charge in [-0.1, -0.05) is 12.2 Å². The molecule has 0 radical (unpaired) electrons. The van der Waals surface area contributed by atoms with Crippen LogP contribution < -0.4 is 9.75 Å². The van der Waals surface area contributed by atoms with Gasteiger partial charge in [-0.3, -0.25) is 0 Å². The summed E-state index contributed by atoms with van der Waals surface area (Å²) < 4.78 is 1.48. The molecule has 0 aromatic carbocycles. The van der Waals surface area contributed by atoms with E-state index in [9.17, 15) is 0 Å². The van der Waals surface area contributed by atoms with Crippen molar-refractivity contribution in [2.24, 2.45) is 0 Å². The SMILES string of the molecule is C1=c2ccs/c2=C/CCCC1.